The molecule has 2 aromatic rings. The Morgan fingerprint density at radius 2 is 1.25 bits per heavy atom. The third-order valence-corrected chi connectivity index (χ3v) is 6.14. The lowest BCUT2D eigenvalue weighted by Crippen LogP contribution is -2.28. The van der Waals surface area contributed by atoms with Crippen LogP contribution in [0.15, 0.2) is 71.8 Å². The minimum atomic E-state index is -1.06. The number of hydrogen-bond acceptors (Lipinski definition) is 3. The molecule has 0 heterocycles. The van der Waals surface area contributed by atoms with Crippen LogP contribution in [0.5, 0.6) is 0 Å². The number of carboxylic acids is 1. The average Bonchev–Trinajstić information content (AvgIpc) is 3.09. The Morgan fingerprint density at radius 1 is 0.821 bits per heavy atom. The molecule has 0 radical (unpaired) electrons. The molecule has 0 saturated carbocycles. The Kier molecular flexibility index (Phi) is 4.03. The molecule has 2 bridgehead atoms. The molecule has 4 rings (SSSR count). The van der Waals surface area contributed by atoms with Crippen molar-refractivity contribution in [2.75, 3.05) is 7.11 Å². The number of carbonyl (C=O) groups excluding carboxylic acids is 1. The summed E-state index contributed by atoms with van der Waals surface area (Å²) < 4.78 is 5.02. The number of hydrogen-bond donors (Lipinski definition) is 1. The molecule has 0 aromatic heterocycles. The van der Waals surface area contributed by atoms with E-state index in [0.29, 0.717) is 6.42 Å². The number of rotatable bonds is 4. The Hall–Kier alpha value is -3.14. The van der Waals surface area contributed by atoms with Crippen LogP contribution in [-0.4, -0.2) is 24.2 Å². The van der Waals surface area contributed by atoms with E-state index in [1.54, 1.807) is 0 Å². The van der Waals surface area contributed by atoms with Gasteiger partial charge in [0.1, 0.15) is 0 Å². The summed E-state index contributed by atoms with van der Waals surface area (Å²) in [5.41, 5.74) is 2.87. The molecule has 0 spiro atoms. The first-order valence-corrected chi connectivity index (χ1v) is 9.27. The van der Waals surface area contributed by atoms with Crippen molar-refractivity contribution in [1.82, 2.24) is 0 Å². The number of aliphatic carboxylic acids is 1. The van der Waals surface area contributed by atoms with Gasteiger partial charge in [-0.1, -0.05) is 74.5 Å². The zero-order valence-corrected chi connectivity index (χ0v) is 16.2. The van der Waals surface area contributed by atoms with Crippen LogP contribution in [0.3, 0.4) is 0 Å². The summed E-state index contributed by atoms with van der Waals surface area (Å²) in [5.74, 6) is -1.63. The van der Waals surface area contributed by atoms with Gasteiger partial charge in [-0.3, -0.25) is 0 Å². The molecule has 142 valence electrons. The van der Waals surface area contributed by atoms with Gasteiger partial charge in [-0.2, -0.15) is 0 Å². The van der Waals surface area contributed by atoms with Crippen LogP contribution in [-0.2, 0) is 14.3 Å². The van der Waals surface area contributed by atoms with Crippen molar-refractivity contribution in [3.8, 4) is 0 Å². The molecule has 1 N–H and O–H groups in total. The Morgan fingerprint density at radius 3 is 1.64 bits per heavy atom. The number of carbonyl (C=O) groups is 2. The van der Waals surface area contributed by atoms with E-state index < -0.39 is 22.8 Å². The molecule has 0 aliphatic heterocycles. The molecule has 0 saturated heterocycles. The van der Waals surface area contributed by atoms with Crippen LogP contribution < -0.4 is 0 Å². The van der Waals surface area contributed by atoms with Crippen LogP contribution in [0.4, 0.5) is 0 Å². The molecule has 2 aliphatic rings. The summed E-state index contributed by atoms with van der Waals surface area (Å²) in [4.78, 5) is 25.0. The number of esters is 1. The normalized spacial score (nSPS) is 26.0. The lowest BCUT2D eigenvalue weighted by Gasteiger charge is -2.33. The monoisotopic (exact) mass is 374 g/mol. The first kappa shape index (κ1) is 18.2. The van der Waals surface area contributed by atoms with E-state index in [-0.39, 0.29) is 11.1 Å². The van der Waals surface area contributed by atoms with Gasteiger partial charge < -0.3 is 9.84 Å². The van der Waals surface area contributed by atoms with Crippen molar-refractivity contribution in [3.05, 3.63) is 82.9 Å². The first-order valence-electron chi connectivity index (χ1n) is 9.27. The maximum atomic E-state index is 12.7. The van der Waals surface area contributed by atoms with E-state index in [1.165, 1.54) is 7.11 Å². The predicted octanol–water partition coefficient (Wildman–Crippen LogP) is 4.58. The van der Waals surface area contributed by atoms with Crippen molar-refractivity contribution < 1.29 is 19.4 Å². The number of methoxy groups -OCH3 is 1. The molecule has 2 atom stereocenters. The second-order valence-electron chi connectivity index (χ2n) is 7.87. The summed E-state index contributed by atoms with van der Waals surface area (Å²) >= 11 is 0. The van der Waals surface area contributed by atoms with E-state index in [0.717, 1.165) is 22.3 Å². The lowest BCUT2D eigenvalue weighted by atomic mass is 9.69. The summed E-state index contributed by atoms with van der Waals surface area (Å²) in [6.07, 6.45) is 0.528. The Labute approximate surface area is 164 Å². The van der Waals surface area contributed by atoms with E-state index >= 15 is 0 Å². The Balaban J connectivity index is 2.10. The third-order valence-electron chi connectivity index (χ3n) is 6.14. The van der Waals surface area contributed by atoms with E-state index in [1.807, 2.05) is 74.5 Å². The topological polar surface area (TPSA) is 63.6 Å². The van der Waals surface area contributed by atoms with E-state index in [9.17, 15) is 14.7 Å². The highest BCUT2D eigenvalue weighted by Crippen LogP contribution is 2.71. The summed E-state index contributed by atoms with van der Waals surface area (Å²) in [5, 5.41) is 10.1. The van der Waals surface area contributed by atoms with Crippen LogP contribution >= 0.6 is 0 Å². The molecule has 0 unspecified atom stereocenters. The third kappa shape index (κ3) is 2.30. The van der Waals surface area contributed by atoms with Gasteiger partial charge >= 0.3 is 11.9 Å². The number of benzene rings is 2. The number of ether oxygens (including phenoxy) is 1. The maximum absolute atomic E-state index is 12.7. The van der Waals surface area contributed by atoms with Gasteiger partial charge in [0.25, 0.3) is 0 Å². The minimum Gasteiger partial charge on any atom is -0.478 e. The molecular formula is C24H22O4. The van der Waals surface area contributed by atoms with Crippen LogP contribution in [0.1, 0.15) is 31.4 Å². The van der Waals surface area contributed by atoms with Crippen molar-refractivity contribution in [3.63, 3.8) is 0 Å². The quantitative estimate of drug-likeness (QED) is 0.796. The molecule has 2 aromatic carbocycles. The molecule has 2 aliphatic carbocycles. The highest BCUT2D eigenvalue weighted by molar-refractivity contribution is 6.15. The highest BCUT2D eigenvalue weighted by Gasteiger charge is 2.63. The fourth-order valence-corrected chi connectivity index (χ4v) is 5.32. The van der Waals surface area contributed by atoms with Gasteiger partial charge in [-0.05, 0) is 28.7 Å². The molecule has 0 amide bonds. The fourth-order valence-electron chi connectivity index (χ4n) is 5.32. The SMILES string of the molecule is COC(=O)C1=C(C(=O)O)[C@@]2(C)C[C@]1(C)C(c1ccccc1)=C2c1ccccc1. The molecule has 0 fully saturated rings. The second-order valence-corrected chi connectivity index (χ2v) is 7.87. The smallest absolute Gasteiger partial charge is 0.335 e. The number of carboxylic acid groups (broad SMARTS) is 1. The molecule has 28 heavy (non-hydrogen) atoms. The summed E-state index contributed by atoms with van der Waals surface area (Å²) in [6, 6.07) is 19.8. The van der Waals surface area contributed by atoms with Crippen molar-refractivity contribution in [2.45, 2.75) is 20.3 Å². The molecular weight excluding hydrogens is 352 g/mol. The fraction of sp³-hybridized carbons (Fsp3) is 0.250. The summed E-state index contributed by atoms with van der Waals surface area (Å²) in [7, 11) is 1.30. The zero-order chi connectivity index (χ0) is 20.1. The van der Waals surface area contributed by atoms with Crippen LogP contribution in [0.2, 0.25) is 0 Å². The van der Waals surface area contributed by atoms with E-state index in [2.05, 4.69) is 0 Å². The first-order chi connectivity index (χ1) is 13.3. The predicted molar refractivity (Wildman–Crippen MR) is 107 cm³/mol. The minimum absolute atomic E-state index is 0.153. The Bertz CT molecular complexity index is 1030. The van der Waals surface area contributed by atoms with Gasteiger partial charge in [-0.25, -0.2) is 9.59 Å². The standard InChI is InChI=1S/C24H22O4/c1-23-14-24(2,20(22(27)28-3)19(23)21(25)26)18(16-12-8-5-9-13-16)17(23)15-10-6-4-7-11-15/h4-13H,14H2,1-3H3,(H,25,26)/t23-,24+/m0/s1. The van der Waals surface area contributed by atoms with Gasteiger partial charge in [0.2, 0.25) is 0 Å². The van der Waals surface area contributed by atoms with Gasteiger partial charge in [-0.15, -0.1) is 0 Å². The summed E-state index contributed by atoms with van der Waals surface area (Å²) in [6.45, 7) is 3.90. The van der Waals surface area contributed by atoms with Gasteiger partial charge in [0.05, 0.1) is 18.3 Å². The highest BCUT2D eigenvalue weighted by atomic mass is 16.5. The number of allylic oxidation sites excluding steroid dienone is 2. The number of fused-ring (bicyclic) bond motifs is 2. The average molecular weight is 374 g/mol. The van der Waals surface area contributed by atoms with Crippen molar-refractivity contribution in [2.24, 2.45) is 10.8 Å². The van der Waals surface area contributed by atoms with Gasteiger partial charge in [0.15, 0.2) is 0 Å². The van der Waals surface area contributed by atoms with Gasteiger partial charge in [0, 0.05) is 10.8 Å². The van der Waals surface area contributed by atoms with Crippen molar-refractivity contribution in [1.29, 1.82) is 0 Å². The van der Waals surface area contributed by atoms with Crippen LogP contribution in [0, 0.1) is 10.8 Å². The molecule has 4 nitrogen and oxygen atoms in total. The lowest BCUT2D eigenvalue weighted by molar-refractivity contribution is -0.138. The largest absolute Gasteiger partial charge is 0.478 e. The van der Waals surface area contributed by atoms with Crippen LogP contribution in [0.25, 0.3) is 11.1 Å². The second kappa shape index (κ2) is 6.20. The molecule has 4 heteroatoms. The van der Waals surface area contributed by atoms with Crippen molar-refractivity contribution >= 4 is 23.1 Å². The zero-order valence-electron chi connectivity index (χ0n) is 16.2. The maximum Gasteiger partial charge on any atom is 0.335 e. The van der Waals surface area contributed by atoms with E-state index in [4.69, 9.17) is 4.74 Å².